The smallest absolute Gasteiger partial charge is 0.264 e. The van der Waals surface area contributed by atoms with Gasteiger partial charge in [-0.25, -0.2) is 9.37 Å². The molecule has 4 nitrogen and oxygen atoms in total. The van der Waals surface area contributed by atoms with Crippen LogP contribution in [-0.2, 0) is 4.79 Å². The quantitative estimate of drug-likeness (QED) is 0.720. The van der Waals surface area contributed by atoms with Crippen LogP contribution in [0.25, 0.3) is 11.3 Å². The third kappa shape index (κ3) is 4.10. The Labute approximate surface area is 146 Å². The fourth-order valence-corrected chi connectivity index (χ4v) is 2.92. The van der Waals surface area contributed by atoms with E-state index in [1.54, 1.807) is 0 Å². The molecule has 2 aromatic carbocycles. The number of carbonyl (C=O) groups excluding carboxylic acids is 1. The van der Waals surface area contributed by atoms with Gasteiger partial charge >= 0.3 is 0 Å². The Morgan fingerprint density at radius 2 is 2.04 bits per heavy atom. The molecule has 7 heteroatoms. The average Bonchev–Trinajstić information content (AvgIpc) is 3.03. The minimum atomic E-state index is -0.465. The molecule has 0 aliphatic carbocycles. The van der Waals surface area contributed by atoms with E-state index in [0.717, 1.165) is 17.3 Å². The van der Waals surface area contributed by atoms with Crippen LogP contribution in [0, 0.1) is 5.82 Å². The van der Waals surface area contributed by atoms with Gasteiger partial charge in [-0.3, -0.25) is 10.1 Å². The second kappa shape index (κ2) is 7.42. The van der Waals surface area contributed by atoms with Crippen molar-refractivity contribution in [1.29, 1.82) is 0 Å². The third-order valence-corrected chi connectivity index (χ3v) is 4.13. The number of carbonyl (C=O) groups is 1. The summed E-state index contributed by atoms with van der Waals surface area (Å²) >= 11 is 7.16. The first-order valence-electron chi connectivity index (χ1n) is 7.00. The van der Waals surface area contributed by atoms with E-state index in [4.69, 9.17) is 16.3 Å². The second-order valence-electron chi connectivity index (χ2n) is 4.82. The first kappa shape index (κ1) is 16.4. The molecule has 0 spiro atoms. The molecule has 1 amide bonds. The monoisotopic (exact) mass is 362 g/mol. The number of nitrogens with zero attached hydrogens (tertiary/aromatic N) is 1. The minimum absolute atomic E-state index is 0.114. The van der Waals surface area contributed by atoms with Crippen LogP contribution < -0.4 is 10.1 Å². The summed E-state index contributed by atoms with van der Waals surface area (Å²) in [6, 6.07) is 13.4. The lowest BCUT2D eigenvalue weighted by molar-refractivity contribution is -0.118. The molecular weight excluding hydrogens is 351 g/mol. The second-order valence-corrected chi connectivity index (χ2v) is 6.08. The number of anilines is 1. The number of ether oxygens (including phenoxy) is 1. The molecular formula is C17H12ClFN2O2S. The first-order valence-corrected chi connectivity index (χ1v) is 8.26. The zero-order valence-electron chi connectivity index (χ0n) is 12.3. The third-order valence-electron chi connectivity index (χ3n) is 3.07. The van der Waals surface area contributed by atoms with Crippen LogP contribution >= 0.6 is 22.9 Å². The van der Waals surface area contributed by atoms with Gasteiger partial charge in [-0.1, -0.05) is 41.9 Å². The lowest BCUT2D eigenvalue weighted by Gasteiger charge is -2.07. The molecule has 0 bridgehead atoms. The Morgan fingerprint density at radius 3 is 2.79 bits per heavy atom. The number of benzene rings is 2. The summed E-state index contributed by atoms with van der Waals surface area (Å²) in [5.41, 5.74) is 1.77. The van der Waals surface area contributed by atoms with Crippen molar-refractivity contribution in [2.24, 2.45) is 0 Å². The van der Waals surface area contributed by atoms with Gasteiger partial charge in [-0.2, -0.15) is 0 Å². The Balaban J connectivity index is 1.58. The zero-order valence-corrected chi connectivity index (χ0v) is 13.9. The summed E-state index contributed by atoms with van der Waals surface area (Å²) in [4.78, 5) is 16.3. The van der Waals surface area contributed by atoms with Crippen molar-refractivity contribution in [2.45, 2.75) is 0 Å². The summed E-state index contributed by atoms with van der Waals surface area (Å²) < 4.78 is 18.2. The van der Waals surface area contributed by atoms with Crippen molar-refractivity contribution < 1.29 is 13.9 Å². The summed E-state index contributed by atoms with van der Waals surface area (Å²) in [7, 11) is 0. The number of nitrogens with one attached hydrogen (secondary N) is 1. The van der Waals surface area contributed by atoms with E-state index in [2.05, 4.69) is 10.3 Å². The van der Waals surface area contributed by atoms with Crippen molar-refractivity contribution >= 4 is 34.0 Å². The van der Waals surface area contributed by atoms with Crippen molar-refractivity contribution in [1.82, 2.24) is 4.98 Å². The van der Waals surface area contributed by atoms with Crippen LogP contribution in [0.4, 0.5) is 9.52 Å². The van der Waals surface area contributed by atoms with E-state index in [1.165, 1.54) is 23.5 Å². The van der Waals surface area contributed by atoms with Crippen molar-refractivity contribution in [3.63, 3.8) is 0 Å². The number of amides is 1. The van der Waals surface area contributed by atoms with Crippen LogP contribution in [0.2, 0.25) is 5.02 Å². The molecule has 0 fully saturated rings. The van der Waals surface area contributed by atoms with Gasteiger partial charge in [-0.15, -0.1) is 11.3 Å². The topological polar surface area (TPSA) is 51.2 Å². The molecule has 3 rings (SSSR count). The summed E-state index contributed by atoms with van der Waals surface area (Å²) in [6.45, 7) is -0.244. The van der Waals surface area contributed by atoms with E-state index >= 15 is 0 Å². The van der Waals surface area contributed by atoms with E-state index in [-0.39, 0.29) is 23.3 Å². The zero-order chi connectivity index (χ0) is 16.9. The minimum Gasteiger partial charge on any atom is -0.482 e. The summed E-state index contributed by atoms with van der Waals surface area (Å²) in [6.07, 6.45) is 0. The molecule has 3 aromatic rings. The molecule has 122 valence electrons. The van der Waals surface area contributed by atoms with Gasteiger partial charge in [0.25, 0.3) is 5.91 Å². The van der Waals surface area contributed by atoms with Gasteiger partial charge < -0.3 is 4.74 Å². The van der Waals surface area contributed by atoms with Crippen LogP contribution in [0.15, 0.2) is 53.9 Å². The highest BCUT2D eigenvalue weighted by Crippen LogP contribution is 2.26. The highest BCUT2D eigenvalue weighted by molar-refractivity contribution is 7.14. The number of hydrogen-bond donors (Lipinski definition) is 1. The SMILES string of the molecule is O=C(COc1ccc(F)cc1Cl)Nc1nc(-c2ccccc2)cs1. The molecule has 0 aliphatic rings. The molecule has 0 radical (unpaired) electrons. The Kier molecular flexibility index (Phi) is 5.08. The Morgan fingerprint density at radius 1 is 1.25 bits per heavy atom. The van der Waals surface area contributed by atoms with Crippen molar-refractivity contribution in [3.05, 3.63) is 64.8 Å². The fraction of sp³-hybridized carbons (Fsp3) is 0.0588. The van der Waals surface area contributed by atoms with Crippen LogP contribution in [0.1, 0.15) is 0 Å². The van der Waals surface area contributed by atoms with Crippen LogP contribution in [0.3, 0.4) is 0 Å². The van der Waals surface area contributed by atoms with Gasteiger partial charge in [0.15, 0.2) is 11.7 Å². The maximum absolute atomic E-state index is 12.9. The maximum Gasteiger partial charge on any atom is 0.264 e. The highest BCUT2D eigenvalue weighted by atomic mass is 35.5. The molecule has 0 aliphatic heterocycles. The molecule has 0 atom stereocenters. The lowest BCUT2D eigenvalue weighted by atomic mass is 10.2. The Hall–Kier alpha value is -2.44. The average molecular weight is 363 g/mol. The Bertz CT molecular complexity index is 855. The van der Waals surface area contributed by atoms with Crippen molar-refractivity contribution in [3.8, 4) is 17.0 Å². The van der Waals surface area contributed by atoms with Crippen LogP contribution in [0.5, 0.6) is 5.75 Å². The molecule has 0 unspecified atom stereocenters. The fourth-order valence-electron chi connectivity index (χ4n) is 1.96. The standard InChI is InChI=1S/C17H12ClFN2O2S/c18-13-8-12(19)6-7-15(13)23-9-16(22)21-17-20-14(10-24-17)11-4-2-1-3-5-11/h1-8,10H,9H2,(H,20,21,22). The maximum atomic E-state index is 12.9. The van der Waals surface area contributed by atoms with Gasteiger partial charge in [0.2, 0.25) is 0 Å². The molecule has 0 saturated heterocycles. The number of aromatic nitrogens is 1. The van der Waals surface area contributed by atoms with Gasteiger partial charge in [0.1, 0.15) is 11.6 Å². The lowest BCUT2D eigenvalue weighted by Crippen LogP contribution is -2.20. The van der Waals surface area contributed by atoms with E-state index < -0.39 is 5.82 Å². The van der Waals surface area contributed by atoms with Gasteiger partial charge in [0.05, 0.1) is 10.7 Å². The molecule has 1 heterocycles. The number of hydrogen-bond acceptors (Lipinski definition) is 4. The number of halogens is 2. The molecule has 1 aromatic heterocycles. The van der Waals surface area contributed by atoms with E-state index in [1.807, 2.05) is 35.7 Å². The largest absolute Gasteiger partial charge is 0.482 e. The summed E-state index contributed by atoms with van der Waals surface area (Å²) in [5.74, 6) is -0.588. The molecule has 1 N–H and O–H groups in total. The van der Waals surface area contributed by atoms with E-state index in [9.17, 15) is 9.18 Å². The summed E-state index contributed by atoms with van der Waals surface area (Å²) in [5, 5.41) is 5.12. The van der Waals surface area contributed by atoms with E-state index in [0.29, 0.717) is 5.13 Å². The highest BCUT2D eigenvalue weighted by Gasteiger charge is 2.10. The van der Waals surface area contributed by atoms with Crippen LogP contribution in [-0.4, -0.2) is 17.5 Å². The number of rotatable bonds is 5. The van der Waals surface area contributed by atoms with Gasteiger partial charge in [-0.05, 0) is 18.2 Å². The normalized spacial score (nSPS) is 10.4. The van der Waals surface area contributed by atoms with Crippen molar-refractivity contribution in [2.75, 3.05) is 11.9 Å². The van der Waals surface area contributed by atoms with Gasteiger partial charge in [0, 0.05) is 10.9 Å². The molecule has 0 saturated carbocycles. The predicted molar refractivity (Wildman–Crippen MR) is 93.1 cm³/mol. The number of thiazole rings is 1. The predicted octanol–water partition coefficient (Wildman–Crippen LogP) is 4.62. The first-order chi connectivity index (χ1) is 11.6. The molecule has 24 heavy (non-hydrogen) atoms.